The normalized spacial score (nSPS) is 16.1. The van der Waals surface area contributed by atoms with Crippen LogP contribution in [0.15, 0.2) is 12.1 Å². The monoisotopic (exact) mass is 264 g/mol. The van der Waals surface area contributed by atoms with Gasteiger partial charge in [0, 0.05) is 12.6 Å². The van der Waals surface area contributed by atoms with Gasteiger partial charge in [0.05, 0.1) is 6.61 Å². The van der Waals surface area contributed by atoms with E-state index >= 15 is 0 Å². The number of ether oxygens (including phenoxy) is 1. The first-order valence-corrected chi connectivity index (χ1v) is 6.75. The molecule has 0 aromatic carbocycles. The maximum absolute atomic E-state index is 11.5. The molecule has 0 saturated carbocycles. The minimum absolute atomic E-state index is 0.208. The summed E-state index contributed by atoms with van der Waals surface area (Å²) < 4.78 is 5.61. The van der Waals surface area contributed by atoms with Gasteiger partial charge in [-0.15, -0.1) is 10.2 Å². The van der Waals surface area contributed by atoms with Crippen molar-refractivity contribution < 1.29 is 9.53 Å². The second-order valence-electron chi connectivity index (χ2n) is 4.62. The Balaban J connectivity index is 1.82. The molecule has 1 aromatic rings. The first kappa shape index (κ1) is 13.7. The fourth-order valence-electron chi connectivity index (χ4n) is 2.02. The van der Waals surface area contributed by atoms with Crippen molar-refractivity contribution in [1.29, 1.82) is 0 Å². The van der Waals surface area contributed by atoms with Crippen LogP contribution in [0.5, 0.6) is 5.88 Å². The predicted octanol–water partition coefficient (Wildman–Crippen LogP) is 0.605. The third-order valence-electron chi connectivity index (χ3n) is 3.14. The Morgan fingerprint density at radius 2 is 2.21 bits per heavy atom. The molecule has 19 heavy (non-hydrogen) atoms. The summed E-state index contributed by atoms with van der Waals surface area (Å²) in [5.74, 6) is 0.845. The van der Waals surface area contributed by atoms with Crippen molar-refractivity contribution in [2.24, 2.45) is 5.92 Å². The Morgan fingerprint density at radius 3 is 2.84 bits per heavy atom. The van der Waals surface area contributed by atoms with E-state index in [-0.39, 0.29) is 5.91 Å². The molecule has 2 heterocycles. The van der Waals surface area contributed by atoms with E-state index in [1.807, 2.05) is 6.92 Å². The van der Waals surface area contributed by atoms with E-state index in [4.69, 9.17) is 4.74 Å². The molecule has 0 unspecified atom stereocenters. The molecule has 104 valence electrons. The van der Waals surface area contributed by atoms with Gasteiger partial charge in [0.15, 0.2) is 5.69 Å². The summed E-state index contributed by atoms with van der Waals surface area (Å²) in [5.41, 5.74) is 0.316. The Hall–Kier alpha value is -1.69. The summed E-state index contributed by atoms with van der Waals surface area (Å²) >= 11 is 0. The summed E-state index contributed by atoms with van der Waals surface area (Å²) in [6.07, 6.45) is 2.26. The van der Waals surface area contributed by atoms with Gasteiger partial charge in [0.1, 0.15) is 0 Å². The maximum Gasteiger partial charge on any atom is 0.271 e. The van der Waals surface area contributed by atoms with Crippen LogP contribution in [0, 0.1) is 5.92 Å². The van der Waals surface area contributed by atoms with Crippen LogP contribution >= 0.6 is 0 Å². The summed E-state index contributed by atoms with van der Waals surface area (Å²) in [7, 11) is 0. The van der Waals surface area contributed by atoms with Gasteiger partial charge in [0.2, 0.25) is 5.88 Å². The van der Waals surface area contributed by atoms with Crippen LogP contribution in [0.3, 0.4) is 0 Å². The van der Waals surface area contributed by atoms with Crippen molar-refractivity contribution in [3.05, 3.63) is 17.8 Å². The van der Waals surface area contributed by atoms with Crippen LogP contribution in [0.4, 0.5) is 0 Å². The highest BCUT2D eigenvalue weighted by Crippen LogP contribution is 2.14. The highest BCUT2D eigenvalue weighted by atomic mass is 16.5. The largest absolute Gasteiger partial charge is 0.476 e. The lowest BCUT2D eigenvalue weighted by Crippen LogP contribution is -2.30. The first-order chi connectivity index (χ1) is 9.29. The van der Waals surface area contributed by atoms with Crippen LogP contribution in [-0.2, 0) is 0 Å². The number of carbonyl (C=O) groups is 1. The van der Waals surface area contributed by atoms with E-state index in [0.29, 0.717) is 30.6 Å². The summed E-state index contributed by atoms with van der Waals surface area (Å²) in [6, 6.07) is 3.33. The molecule has 6 nitrogen and oxygen atoms in total. The van der Waals surface area contributed by atoms with E-state index in [1.165, 1.54) is 0 Å². The van der Waals surface area contributed by atoms with E-state index in [9.17, 15) is 4.79 Å². The SMILES string of the molecule is CCNC(=O)c1ccc(OCC2CCNCC2)nn1. The van der Waals surface area contributed by atoms with E-state index in [2.05, 4.69) is 20.8 Å². The molecule has 1 fully saturated rings. The maximum atomic E-state index is 11.5. The van der Waals surface area contributed by atoms with E-state index in [1.54, 1.807) is 12.1 Å². The average molecular weight is 264 g/mol. The minimum atomic E-state index is -0.208. The van der Waals surface area contributed by atoms with Crippen molar-refractivity contribution in [1.82, 2.24) is 20.8 Å². The van der Waals surface area contributed by atoms with Crippen LogP contribution < -0.4 is 15.4 Å². The number of aromatic nitrogens is 2. The van der Waals surface area contributed by atoms with Gasteiger partial charge in [-0.1, -0.05) is 0 Å². The number of rotatable bonds is 5. The standard InChI is InChI=1S/C13H20N4O2/c1-2-15-13(18)11-3-4-12(17-16-11)19-9-10-5-7-14-8-6-10/h3-4,10,14H,2,5-9H2,1H3,(H,15,18). The molecule has 1 aliphatic rings. The van der Waals surface area contributed by atoms with Crippen LogP contribution in [-0.4, -0.2) is 42.3 Å². The molecule has 1 aromatic heterocycles. The second-order valence-corrected chi connectivity index (χ2v) is 4.62. The number of amides is 1. The first-order valence-electron chi connectivity index (χ1n) is 6.75. The number of nitrogens with zero attached hydrogens (tertiary/aromatic N) is 2. The zero-order valence-corrected chi connectivity index (χ0v) is 11.2. The molecule has 0 spiro atoms. The summed E-state index contributed by atoms with van der Waals surface area (Å²) in [6.45, 7) is 5.21. The predicted molar refractivity (Wildman–Crippen MR) is 71.1 cm³/mol. The van der Waals surface area contributed by atoms with Crippen molar-refractivity contribution in [2.45, 2.75) is 19.8 Å². The molecule has 2 rings (SSSR count). The van der Waals surface area contributed by atoms with Crippen molar-refractivity contribution >= 4 is 5.91 Å². The number of carbonyl (C=O) groups excluding carboxylic acids is 1. The summed E-state index contributed by atoms with van der Waals surface area (Å²) in [5, 5.41) is 13.8. The number of piperidine rings is 1. The lowest BCUT2D eigenvalue weighted by molar-refractivity contribution is 0.0949. The van der Waals surface area contributed by atoms with Crippen LogP contribution in [0.1, 0.15) is 30.3 Å². The molecule has 1 saturated heterocycles. The highest BCUT2D eigenvalue weighted by molar-refractivity contribution is 5.91. The van der Waals surface area contributed by atoms with Gasteiger partial charge in [-0.2, -0.15) is 0 Å². The third-order valence-corrected chi connectivity index (χ3v) is 3.14. The zero-order valence-electron chi connectivity index (χ0n) is 11.2. The van der Waals surface area contributed by atoms with E-state index in [0.717, 1.165) is 25.9 Å². The number of hydrogen-bond acceptors (Lipinski definition) is 5. The fourth-order valence-corrected chi connectivity index (χ4v) is 2.02. The van der Waals surface area contributed by atoms with Crippen molar-refractivity contribution in [3.63, 3.8) is 0 Å². The molecule has 1 aliphatic heterocycles. The zero-order chi connectivity index (χ0) is 13.5. The molecule has 1 amide bonds. The molecule has 0 bridgehead atoms. The molecular formula is C13H20N4O2. The quantitative estimate of drug-likeness (QED) is 0.814. The molecule has 0 radical (unpaired) electrons. The van der Waals surface area contributed by atoms with Gasteiger partial charge in [0.25, 0.3) is 5.91 Å². The van der Waals surface area contributed by atoms with Gasteiger partial charge in [-0.3, -0.25) is 4.79 Å². The van der Waals surface area contributed by atoms with Crippen molar-refractivity contribution in [2.75, 3.05) is 26.2 Å². The molecular weight excluding hydrogens is 244 g/mol. The smallest absolute Gasteiger partial charge is 0.271 e. The van der Waals surface area contributed by atoms with Crippen molar-refractivity contribution in [3.8, 4) is 5.88 Å². The van der Waals surface area contributed by atoms with E-state index < -0.39 is 0 Å². The lowest BCUT2D eigenvalue weighted by Gasteiger charge is -2.22. The highest BCUT2D eigenvalue weighted by Gasteiger charge is 2.14. The minimum Gasteiger partial charge on any atom is -0.476 e. The van der Waals surface area contributed by atoms with Crippen LogP contribution in [0.2, 0.25) is 0 Å². The van der Waals surface area contributed by atoms with Gasteiger partial charge in [-0.05, 0) is 44.8 Å². The van der Waals surface area contributed by atoms with Crippen LogP contribution in [0.25, 0.3) is 0 Å². The second kappa shape index (κ2) is 7.04. The molecule has 0 aliphatic carbocycles. The van der Waals surface area contributed by atoms with Gasteiger partial charge in [-0.25, -0.2) is 0 Å². The van der Waals surface area contributed by atoms with Gasteiger partial charge >= 0.3 is 0 Å². The Bertz CT molecular complexity index is 402. The Kier molecular flexibility index (Phi) is 5.09. The topological polar surface area (TPSA) is 76.1 Å². The third kappa shape index (κ3) is 4.17. The molecule has 0 atom stereocenters. The average Bonchev–Trinajstić information content (AvgIpc) is 2.47. The molecule has 2 N–H and O–H groups in total. The summed E-state index contributed by atoms with van der Waals surface area (Å²) in [4.78, 5) is 11.5. The number of hydrogen-bond donors (Lipinski definition) is 2. The number of nitrogens with one attached hydrogen (secondary N) is 2. The Morgan fingerprint density at radius 1 is 1.42 bits per heavy atom. The molecule has 6 heteroatoms. The lowest BCUT2D eigenvalue weighted by atomic mass is 9.99. The fraction of sp³-hybridized carbons (Fsp3) is 0.615. The Labute approximate surface area is 112 Å². The van der Waals surface area contributed by atoms with Gasteiger partial charge < -0.3 is 15.4 Å².